The van der Waals surface area contributed by atoms with E-state index < -0.39 is 0 Å². The van der Waals surface area contributed by atoms with Gasteiger partial charge in [0.05, 0.1) is 20.5 Å². The summed E-state index contributed by atoms with van der Waals surface area (Å²) in [5.41, 5.74) is 2.26. The monoisotopic (exact) mass is 448 g/mol. The number of carbonyl (C=O) groups excluding carboxylic acids is 1. The molecule has 0 atom stereocenters. The molecule has 2 aromatic carbocycles. The molecule has 2 heterocycles. The molecule has 0 fully saturated rings. The zero-order valence-electron chi connectivity index (χ0n) is 14.4. The maximum atomic E-state index is 12.7. The number of hydrogen-bond donors (Lipinski definition) is 0. The third-order valence-electron chi connectivity index (χ3n) is 4.11. The highest BCUT2D eigenvalue weighted by Gasteiger charge is 2.24. The highest BCUT2D eigenvalue weighted by molar-refractivity contribution is 7.17. The summed E-state index contributed by atoms with van der Waals surface area (Å²) in [6.07, 6.45) is 1.54. The molecule has 0 saturated carbocycles. The van der Waals surface area contributed by atoms with Gasteiger partial charge in [-0.05, 0) is 43.3 Å². The zero-order valence-corrected chi connectivity index (χ0v) is 17.5. The highest BCUT2D eigenvalue weighted by atomic mass is 35.5. The van der Waals surface area contributed by atoms with Crippen molar-refractivity contribution >= 4 is 51.9 Å². The number of rotatable bonds is 4. The maximum Gasteiger partial charge on any atom is 0.204 e. The van der Waals surface area contributed by atoms with E-state index in [1.54, 1.807) is 55.6 Å². The molecule has 28 heavy (non-hydrogen) atoms. The Morgan fingerprint density at radius 1 is 1.00 bits per heavy atom. The van der Waals surface area contributed by atoms with Crippen molar-refractivity contribution in [2.75, 3.05) is 0 Å². The van der Waals surface area contributed by atoms with Crippen LogP contribution in [-0.4, -0.2) is 15.9 Å². The fourth-order valence-electron chi connectivity index (χ4n) is 2.76. The fourth-order valence-corrected chi connectivity index (χ4v) is 4.43. The third kappa shape index (κ3) is 3.47. The summed E-state index contributed by atoms with van der Waals surface area (Å²) in [5.74, 6) is 0.428. The zero-order chi connectivity index (χ0) is 19.8. The molecular formula is C20H11Cl3N2O2S. The highest BCUT2D eigenvalue weighted by Crippen LogP contribution is 2.42. The van der Waals surface area contributed by atoms with E-state index in [1.807, 2.05) is 0 Å². The average molecular weight is 450 g/mol. The summed E-state index contributed by atoms with van der Waals surface area (Å²) in [4.78, 5) is 17.6. The number of aryl methyl sites for hydroxylation is 1. The molecule has 0 unspecified atom stereocenters. The predicted octanol–water partition coefficient (Wildman–Crippen LogP) is 6.96. The summed E-state index contributed by atoms with van der Waals surface area (Å²) < 4.78 is 5.38. The maximum absolute atomic E-state index is 12.7. The lowest BCUT2D eigenvalue weighted by Gasteiger charge is -2.05. The van der Waals surface area contributed by atoms with Gasteiger partial charge >= 0.3 is 0 Å². The molecule has 0 bridgehead atoms. The van der Waals surface area contributed by atoms with Gasteiger partial charge in [0.2, 0.25) is 5.78 Å². The van der Waals surface area contributed by atoms with E-state index in [1.165, 1.54) is 11.3 Å². The molecule has 0 saturated heterocycles. The molecule has 8 heteroatoms. The van der Waals surface area contributed by atoms with E-state index in [0.29, 0.717) is 53.1 Å². The van der Waals surface area contributed by atoms with Crippen molar-refractivity contribution in [3.05, 3.63) is 79.9 Å². The van der Waals surface area contributed by atoms with Crippen LogP contribution in [0.1, 0.15) is 21.0 Å². The van der Waals surface area contributed by atoms with E-state index in [0.717, 1.165) is 0 Å². The molecule has 2 aromatic heterocycles. The molecule has 4 nitrogen and oxygen atoms in total. The fraction of sp³-hybridized carbons (Fsp3) is 0.0500. The summed E-state index contributed by atoms with van der Waals surface area (Å²) >= 11 is 19.8. The van der Waals surface area contributed by atoms with E-state index in [9.17, 15) is 4.79 Å². The van der Waals surface area contributed by atoms with Crippen LogP contribution in [0.3, 0.4) is 0 Å². The van der Waals surface area contributed by atoms with Gasteiger partial charge in [0.15, 0.2) is 0 Å². The van der Waals surface area contributed by atoms with E-state index in [2.05, 4.69) is 10.1 Å². The van der Waals surface area contributed by atoms with Crippen molar-refractivity contribution in [2.45, 2.75) is 6.92 Å². The average Bonchev–Trinajstić information content (AvgIpc) is 3.28. The number of aromatic nitrogens is 2. The normalized spacial score (nSPS) is 11.0. The minimum atomic E-state index is -0.133. The van der Waals surface area contributed by atoms with Crippen molar-refractivity contribution in [3.8, 4) is 21.8 Å². The molecule has 0 spiro atoms. The summed E-state index contributed by atoms with van der Waals surface area (Å²) in [6, 6.07) is 11.9. The van der Waals surface area contributed by atoms with Gasteiger partial charge < -0.3 is 4.52 Å². The first kappa shape index (κ1) is 19.2. The first-order valence-corrected chi connectivity index (χ1v) is 10.1. The molecule has 0 aliphatic heterocycles. The van der Waals surface area contributed by atoms with Crippen molar-refractivity contribution in [3.63, 3.8) is 0 Å². The van der Waals surface area contributed by atoms with E-state index >= 15 is 0 Å². The van der Waals surface area contributed by atoms with Gasteiger partial charge in [0.25, 0.3) is 0 Å². The van der Waals surface area contributed by atoms with Gasteiger partial charge in [-0.1, -0.05) is 46.0 Å². The summed E-state index contributed by atoms with van der Waals surface area (Å²) in [7, 11) is 0. The molecule has 0 aliphatic carbocycles. The Morgan fingerprint density at radius 2 is 1.68 bits per heavy atom. The summed E-state index contributed by atoms with van der Waals surface area (Å²) in [6.45, 7) is 1.78. The van der Waals surface area contributed by atoms with Gasteiger partial charge in [0.1, 0.15) is 16.5 Å². The Labute approximate surface area is 179 Å². The van der Waals surface area contributed by atoms with Gasteiger partial charge in [0, 0.05) is 22.3 Å². The molecular weight excluding hydrogens is 439 g/mol. The van der Waals surface area contributed by atoms with Crippen LogP contribution in [0, 0.1) is 6.92 Å². The number of carbonyl (C=O) groups is 1. The lowest BCUT2D eigenvalue weighted by molar-refractivity contribution is 0.104. The SMILES string of the molecule is Cc1onc(-c2c(Cl)cccc2Cl)c1-c1ncc(C(=O)c2ccc(Cl)cc2)s1. The molecule has 4 aromatic rings. The lowest BCUT2D eigenvalue weighted by Crippen LogP contribution is -1.97. The lowest BCUT2D eigenvalue weighted by atomic mass is 10.1. The van der Waals surface area contributed by atoms with Gasteiger partial charge in [-0.25, -0.2) is 4.98 Å². The number of halogens is 3. The Morgan fingerprint density at radius 3 is 2.36 bits per heavy atom. The van der Waals surface area contributed by atoms with Crippen molar-refractivity contribution in [1.82, 2.24) is 10.1 Å². The topological polar surface area (TPSA) is 56.0 Å². The van der Waals surface area contributed by atoms with Crippen molar-refractivity contribution in [2.24, 2.45) is 0 Å². The Kier molecular flexibility index (Phi) is 5.25. The predicted molar refractivity (Wildman–Crippen MR) is 113 cm³/mol. The van der Waals surface area contributed by atoms with Crippen LogP contribution in [0.4, 0.5) is 0 Å². The molecule has 140 valence electrons. The van der Waals surface area contributed by atoms with Crippen LogP contribution in [-0.2, 0) is 0 Å². The van der Waals surface area contributed by atoms with Crippen LogP contribution < -0.4 is 0 Å². The Bertz CT molecular complexity index is 1160. The van der Waals surface area contributed by atoms with Crippen LogP contribution >= 0.6 is 46.1 Å². The van der Waals surface area contributed by atoms with Crippen molar-refractivity contribution in [1.29, 1.82) is 0 Å². The largest absolute Gasteiger partial charge is 0.360 e. The minimum absolute atomic E-state index is 0.133. The van der Waals surface area contributed by atoms with E-state index in [4.69, 9.17) is 39.3 Å². The van der Waals surface area contributed by atoms with Crippen LogP contribution in [0.2, 0.25) is 15.1 Å². The van der Waals surface area contributed by atoms with Gasteiger partial charge in [-0.15, -0.1) is 11.3 Å². The number of hydrogen-bond acceptors (Lipinski definition) is 5. The molecule has 4 rings (SSSR count). The minimum Gasteiger partial charge on any atom is -0.360 e. The Hall–Kier alpha value is -2.18. The number of benzene rings is 2. The van der Waals surface area contributed by atoms with Crippen molar-refractivity contribution < 1.29 is 9.32 Å². The molecule has 0 amide bonds. The molecule has 0 aliphatic rings. The number of ketones is 1. The number of nitrogens with zero attached hydrogens (tertiary/aromatic N) is 2. The first-order chi connectivity index (χ1) is 13.5. The van der Waals surface area contributed by atoms with Crippen LogP contribution in [0.15, 0.2) is 53.2 Å². The first-order valence-electron chi connectivity index (χ1n) is 8.13. The summed E-state index contributed by atoms with van der Waals surface area (Å²) in [5, 5.41) is 6.21. The second-order valence-corrected chi connectivity index (χ2v) is 8.21. The van der Waals surface area contributed by atoms with Gasteiger partial charge in [-0.3, -0.25) is 4.79 Å². The Balaban J connectivity index is 1.77. The van der Waals surface area contributed by atoms with Gasteiger partial charge in [-0.2, -0.15) is 0 Å². The quantitative estimate of drug-likeness (QED) is 0.316. The number of thiazole rings is 1. The van der Waals surface area contributed by atoms with Crippen LogP contribution in [0.5, 0.6) is 0 Å². The van der Waals surface area contributed by atoms with E-state index in [-0.39, 0.29) is 5.78 Å². The molecule has 0 radical (unpaired) electrons. The molecule has 0 N–H and O–H groups in total. The standard InChI is InChI=1S/C20H11Cl3N2O2S/c1-10-16(18(25-27-10)17-13(22)3-2-4-14(17)23)20-24-9-15(28-20)19(26)11-5-7-12(21)8-6-11/h2-9H,1H3. The third-order valence-corrected chi connectivity index (χ3v) is 6.01. The second-order valence-electron chi connectivity index (χ2n) is 5.92. The second kappa shape index (κ2) is 7.68. The smallest absolute Gasteiger partial charge is 0.204 e. The van der Waals surface area contributed by atoms with Crippen LogP contribution in [0.25, 0.3) is 21.8 Å².